The molecule has 0 bridgehead atoms. The number of benzene rings is 2. The quantitative estimate of drug-likeness (QED) is 0.579. The zero-order valence-corrected chi connectivity index (χ0v) is 18.2. The van der Waals surface area contributed by atoms with Crippen molar-refractivity contribution in [3.05, 3.63) is 59.1 Å². The summed E-state index contributed by atoms with van der Waals surface area (Å²) in [5, 5.41) is 2.68. The molecule has 1 fully saturated rings. The number of nitrogens with zero attached hydrogens (tertiary/aromatic N) is 2. The van der Waals surface area contributed by atoms with Crippen LogP contribution < -0.4 is 14.2 Å². The first-order valence-electron chi connectivity index (χ1n) is 10.5. The molecule has 3 aromatic rings. The summed E-state index contributed by atoms with van der Waals surface area (Å²) in [5.41, 5.74) is 2.56. The van der Waals surface area contributed by atoms with Crippen molar-refractivity contribution in [2.45, 2.75) is 25.3 Å². The second kappa shape index (κ2) is 8.59. The molecule has 31 heavy (non-hydrogen) atoms. The van der Waals surface area contributed by atoms with E-state index in [1.807, 2.05) is 52.7 Å². The highest BCUT2D eigenvalue weighted by Gasteiger charge is 2.32. The van der Waals surface area contributed by atoms with Gasteiger partial charge in [0, 0.05) is 23.9 Å². The van der Waals surface area contributed by atoms with Gasteiger partial charge in [0.15, 0.2) is 11.5 Å². The number of fused-ring (bicyclic) bond motifs is 1. The summed E-state index contributed by atoms with van der Waals surface area (Å²) in [6.07, 6.45) is 2.78. The van der Waals surface area contributed by atoms with E-state index in [2.05, 4.69) is 4.98 Å². The lowest BCUT2D eigenvalue weighted by atomic mass is 10.0. The second-order valence-corrected chi connectivity index (χ2v) is 8.54. The fourth-order valence-corrected chi connectivity index (χ4v) is 4.93. The maximum absolute atomic E-state index is 13.3. The molecule has 0 N–H and O–H groups in total. The third kappa shape index (κ3) is 3.97. The van der Waals surface area contributed by atoms with Gasteiger partial charge >= 0.3 is 0 Å². The first-order chi connectivity index (χ1) is 15.2. The molecule has 5 rings (SSSR count). The predicted octanol–water partition coefficient (Wildman–Crippen LogP) is 4.96. The Morgan fingerprint density at radius 2 is 1.90 bits per heavy atom. The lowest BCUT2D eigenvalue weighted by Gasteiger charge is -2.25. The summed E-state index contributed by atoms with van der Waals surface area (Å²) < 4.78 is 16.8. The van der Waals surface area contributed by atoms with Crippen LogP contribution in [0.3, 0.4) is 0 Å². The van der Waals surface area contributed by atoms with E-state index in [4.69, 9.17) is 14.2 Å². The molecule has 0 aliphatic carbocycles. The van der Waals surface area contributed by atoms with Crippen LogP contribution in [0.1, 0.15) is 41.4 Å². The van der Waals surface area contributed by atoms with Gasteiger partial charge in [-0.2, -0.15) is 0 Å². The summed E-state index contributed by atoms with van der Waals surface area (Å²) in [6, 6.07) is 13.8. The van der Waals surface area contributed by atoms with Gasteiger partial charge in [-0.1, -0.05) is 6.07 Å². The first kappa shape index (κ1) is 19.9. The standard InChI is InChI=1S/C24H24N2O4S/c1-28-18-8-5-16(6-9-18)23-25-19(15-31-23)24(27)26-11-2-4-20(26)17-7-10-21-22(14-17)30-13-3-12-29-21/h5-10,14-15,20H,2-4,11-13H2,1H3/t20-/m1/s1. The van der Waals surface area contributed by atoms with E-state index in [1.54, 1.807) is 7.11 Å². The van der Waals surface area contributed by atoms with Gasteiger partial charge in [0.1, 0.15) is 16.5 Å². The van der Waals surface area contributed by atoms with Crippen LogP contribution in [0.25, 0.3) is 10.6 Å². The molecule has 0 saturated carbocycles. The van der Waals surface area contributed by atoms with E-state index < -0.39 is 0 Å². The maximum Gasteiger partial charge on any atom is 0.273 e. The highest BCUT2D eigenvalue weighted by molar-refractivity contribution is 7.13. The van der Waals surface area contributed by atoms with Gasteiger partial charge in [0.2, 0.25) is 0 Å². The minimum Gasteiger partial charge on any atom is -0.497 e. The molecule has 1 amide bonds. The minimum absolute atomic E-state index is 0.0226. The molecule has 2 aliphatic rings. The van der Waals surface area contributed by atoms with E-state index in [0.717, 1.165) is 59.2 Å². The molecule has 2 aliphatic heterocycles. The van der Waals surface area contributed by atoms with E-state index >= 15 is 0 Å². The summed E-state index contributed by atoms with van der Waals surface area (Å²) >= 11 is 1.49. The number of amides is 1. The smallest absolute Gasteiger partial charge is 0.273 e. The van der Waals surface area contributed by atoms with E-state index in [-0.39, 0.29) is 11.9 Å². The van der Waals surface area contributed by atoms with Gasteiger partial charge < -0.3 is 19.1 Å². The van der Waals surface area contributed by atoms with Gasteiger partial charge in [0.25, 0.3) is 5.91 Å². The predicted molar refractivity (Wildman–Crippen MR) is 119 cm³/mol. The Balaban J connectivity index is 1.37. The monoisotopic (exact) mass is 436 g/mol. The van der Waals surface area contributed by atoms with Crippen molar-refractivity contribution in [2.75, 3.05) is 26.9 Å². The number of rotatable bonds is 4. The van der Waals surface area contributed by atoms with E-state index in [1.165, 1.54) is 11.3 Å². The number of hydrogen-bond acceptors (Lipinski definition) is 6. The fraction of sp³-hybridized carbons (Fsp3) is 0.333. The Labute approximate surface area is 185 Å². The van der Waals surface area contributed by atoms with Crippen molar-refractivity contribution in [2.24, 2.45) is 0 Å². The summed E-state index contributed by atoms with van der Waals surface area (Å²) in [6.45, 7) is 2.05. The third-order valence-corrected chi connectivity index (χ3v) is 6.62. The SMILES string of the molecule is COc1ccc(-c2nc(C(=O)N3CCC[C@@H]3c3ccc4c(c3)OCCCO4)cs2)cc1. The molecule has 0 unspecified atom stereocenters. The average Bonchev–Trinajstić information content (AvgIpc) is 3.44. The average molecular weight is 437 g/mol. The first-order valence-corrected chi connectivity index (χ1v) is 11.4. The number of carbonyl (C=O) groups is 1. The Morgan fingerprint density at radius 3 is 2.71 bits per heavy atom. The van der Waals surface area contributed by atoms with Crippen LogP contribution >= 0.6 is 11.3 Å². The van der Waals surface area contributed by atoms with Crippen molar-refractivity contribution in [1.29, 1.82) is 0 Å². The number of thiazole rings is 1. The molecular formula is C24H24N2O4S. The highest BCUT2D eigenvalue weighted by Crippen LogP contribution is 2.39. The second-order valence-electron chi connectivity index (χ2n) is 7.68. The van der Waals surface area contributed by atoms with Crippen LogP contribution in [0.15, 0.2) is 47.8 Å². The van der Waals surface area contributed by atoms with Crippen LogP contribution in [0.4, 0.5) is 0 Å². The number of aromatic nitrogens is 1. The molecular weight excluding hydrogens is 412 g/mol. The third-order valence-electron chi connectivity index (χ3n) is 5.73. The van der Waals surface area contributed by atoms with Crippen molar-refractivity contribution in [3.8, 4) is 27.8 Å². The normalized spacial score (nSPS) is 18.0. The highest BCUT2D eigenvalue weighted by atomic mass is 32.1. The fourth-order valence-electron chi connectivity index (χ4n) is 4.13. The summed E-state index contributed by atoms with van der Waals surface area (Å²) in [7, 11) is 1.64. The van der Waals surface area contributed by atoms with E-state index in [9.17, 15) is 4.79 Å². The zero-order valence-electron chi connectivity index (χ0n) is 17.4. The largest absolute Gasteiger partial charge is 0.497 e. The van der Waals surface area contributed by atoms with Crippen LogP contribution in [0.2, 0.25) is 0 Å². The van der Waals surface area contributed by atoms with Crippen molar-refractivity contribution in [3.63, 3.8) is 0 Å². The number of ether oxygens (including phenoxy) is 3. The Morgan fingerprint density at radius 1 is 1.10 bits per heavy atom. The van der Waals surface area contributed by atoms with Crippen LogP contribution in [0.5, 0.6) is 17.2 Å². The zero-order chi connectivity index (χ0) is 21.2. The number of hydrogen-bond donors (Lipinski definition) is 0. The molecule has 7 heteroatoms. The molecule has 1 aromatic heterocycles. The van der Waals surface area contributed by atoms with Crippen molar-refractivity contribution in [1.82, 2.24) is 9.88 Å². The molecule has 0 spiro atoms. The Bertz CT molecular complexity index is 1080. The van der Waals surface area contributed by atoms with Gasteiger partial charge in [-0.3, -0.25) is 4.79 Å². The molecule has 160 valence electrons. The van der Waals surface area contributed by atoms with Gasteiger partial charge in [0.05, 0.1) is 26.4 Å². The molecule has 6 nitrogen and oxygen atoms in total. The van der Waals surface area contributed by atoms with E-state index in [0.29, 0.717) is 18.9 Å². The molecule has 1 atom stereocenters. The number of carbonyl (C=O) groups excluding carboxylic acids is 1. The van der Waals surface area contributed by atoms with Gasteiger partial charge in [-0.15, -0.1) is 11.3 Å². The lowest BCUT2D eigenvalue weighted by Crippen LogP contribution is -2.30. The molecule has 3 heterocycles. The number of methoxy groups -OCH3 is 1. The lowest BCUT2D eigenvalue weighted by molar-refractivity contribution is 0.0730. The van der Waals surface area contributed by atoms with Gasteiger partial charge in [-0.25, -0.2) is 4.98 Å². The van der Waals surface area contributed by atoms with Crippen molar-refractivity contribution < 1.29 is 19.0 Å². The molecule has 2 aromatic carbocycles. The number of likely N-dealkylation sites (tertiary alicyclic amines) is 1. The summed E-state index contributed by atoms with van der Waals surface area (Å²) in [5.74, 6) is 2.32. The Kier molecular flexibility index (Phi) is 5.51. The molecule has 1 saturated heterocycles. The summed E-state index contributed by atoms with van der Waals surface area (Å²) in [4.78, 5) is 19.9. The van der Waals surface area contributed by atoms with Crippen LogP contribution in [-0.4, -0.2) is 42.7 Å². The topological polar surface area (TPSA) is 60.9 Å². The van der Waals surface area contributed by atoms with Crippen LogP contribution in [-0.2, 0) is 0 Å². The van der Waals surface area contributed by atoms with Gasteiger partial charge in [-0.05, 0) is 54.8 Å². The van der Waals surface area contributed by atoms with Crippen molar-refractivity contribution >= 4 is 17.2 Å². The Hall–Kier alpha value is -3.06. The molecule has 0 radical (unpaired) electrons. The minimum atomic E-state index is -0.0226. The maximum atomic E-state index is 13.3. The van der Waals surface area contributed by atoms with Crippen LogP contribution in [0, 0.1) is 0 Å².